The molecule has 2 N–H and O–H groups in total. The molecule has 1 aromatic carbocycles. The summed E-state index contributed by atoms with van der Waals surface area (Å²) in [5.41, 5.74) is 6.46. The topological polar surface area (TPSA) is 75.3 Å². The zero-order valence-corrected chi connectivity index (χ0v) is 16.3. The third kappa shape index (κ3) is 4.29. The van der Waals surface area contributed by atoms with Crippen LogP contribution in [0.1, 0.15) is 61.3 Å². The molecule has 142 valence electrons. The molecule has 0 unspecified atom stereocenters. The van der Waals surface area contributed by atoms with Crippen molar-refractivity contribution >= 4 is 21.7 Å². The van der Waals surface area contributed by atoms with E-state index in [9.17, 15) is 13.2 Å². The first-order valence-electron chi connectivity index (χ1n) is 9.54. The number of carbonyl (C=O) groups excluding carboxylic acids is 1. The number of amides is 2. The highest BCUT2D eigenvalue weighted by Crippen LogP contribution is 2.38. The van der Waals surface area contributed by atoms with Gasteiger partial charge in [-0.2, -0.15) is 0 Å². The standard InChI is InChI=1S/C20H28N2O3S/c1-3-4-7-14(2)13-26(24,25)22-20(23)21-19-17-10-5-8-15(17)12-16-9-6-11-18(16)19/h12H,2-11,13H2,1H3,(H2,21,22,23). The second kappa shape index (κ2) is 7.82. The number of carbonyl (C=O) groups is 1. The smallest absolute Gasteiger partial charge is 0.307 e. The van der Waals surface area contributed by atoms with E-state index in [0.717, 1.165) is 57.1 Å². The van der Waals surface area contributed by atoms with Crippen LogP contribution in [0.25, 0.3) is 0 Å². The van der Waals surface area contributed by atoms with Crippen LogP contribution in [0.4, 0.5) is 10.5 Å². The summed E-state index contributed by atoms with van der Waals surface area (Å²) in [6.07, 6.45) is 8.69. The van der Waals surface area contributed by atoms with Gasteiger partial charge in [-0.25, -0.2) is 17.9 Å². The minimum absolute atomic E-state index is 0.203. The van der Waals surface area contributed by atoms with E-state index in [1.807, 2.05) is 6.92 Å². The first kappa shape index (κ1) is 19.0. The zero-order chi connectivity index (χ0) is 18.7. The fourth-order valence-electron chi connectivity index (χ4n) is 4.05. The second-order valence-corrected chi connectivity index (χ2v) is 9.13. The SMILES string of the molecule is C=C(CCCC)CS(=O)(=O)NC(=O)Nc1c2c(cc3c1CCC3)CCC2. The van der Waals surface area contributed by atoms with Crippen molar-refractivity contribution in [2.75, 3.05) is 11.1 Å². The molecular weight excluding hydrogens is 348 g/mol. The number of rotatable bonds is 7. The van der Waals surface area contributed by atoms with Crippen LogP contribution in [0.15, 0.2) is 18.2 Å². The Bertz CT molecular complexity index is 796. The summed E-state index contributed by atoms with van der Waals surface area (Å²) < 4.78 is 26.6. The van der Waals surface area contributed by atoms with Crippen LogP contribution in [-0.4, -0.2) is 20.2 Å². The fraction of sp³-hybridized carbons (Fsp3) is 0.550. The van der Waals surface area contributed by atoms with Crippen molar-refractivity contribution in [2.45, 2.75) is 64.7 Å². The van der Waals surface area contributed by atoms with Crippen molar-refractivity contribution in [1.29, 1.82) is 0 Å². The van der Waals surface area contributed by atoms with Gasteiger partial charge in [-0.15, -0.1) is 0 Å². The molecule has 26 heavy (non-hydrogen) atoms. The number of anilines is 1. The molecule has 0 spiro atoms. The third-order valence-corrected chi connectivity index (χ3v) is 6.52. The summed E-state index contributed by atoms with van der Waals surface area (Å²) in [5.74, 6) is -0.203. The number of unbranched alkanes of at least 4 members (excludes halogenated alkanes) is 1. The van der Waals surface area contributed by atoms with Crippen molar-refractivity contribution in [3.8, 4) is 0 Å². The van der Waals surface area contributed by atoms with Crippen LogP contribution < -0.4 is 10.0 Å². The van der Waals surface area contributed by atoms with E-state index in [1.54, 1.807) is 0 Å². The lowest BCUT2D eigenvalue weighted by atomic mass is 9.99. The first-order valence-corrected chi connectivity index (χ1v) is 11.2. The Morgan fingerprint density at radius 1 is 1.12 bits per heavy atom. The van der Waals surface area contributed by atoms with Gasteiger partial charge in [-0.05, 0) is 73.6 Å². The number of hydrogen-bond donors (Lipinski definition) is 2. The average molecular weight is 377 g/mol. The van der Waals surface area contributed by atoms with Crippen LogP contribution in [0.5, 0.6) is 0 Å². The van der Waals surface area contributed by atoms with E-state index in [-0.39, 0.29) is 5.75 Å². The number of fused-ring (bicyclic) bond motifs is 2. The minimum Gasteiger partial charge on any atom is -0.307 e. The first-order chi connectivity index (χ1) is 12.4. The molecule has 6 heteroatoms. The maximum atomic E-state index is 12.4. The number of urea groups is 1. The van der Waals surface area contributed by atoms with E-state index < -0.39 is 16.1 Å². The quantitative estimate of drug-likeness (QED) is 0.710. The van der Waals surface area contributed by atoms with Crippen LogP contribution in [0, 0.1) is 0 Å². The number of hydrogen-bond acceptors (Lipinski definition) is 3. The van der Waals surface area contributed by atoms with Crippen molar-refractivity contribution in [2.24, 2.45) is 0 Å². The maximum Gasteiger partial charge on any atom is 0.332 e. The molecule has 0 radical (unpaired) electrons. The van der Waals surface area contributed by atoms with Gasteiger partial charge in [0.25, 0.3) is 0 Å². The molecule has 2 amide bonds. The number of sulfonamides is 1. The van der Waals surface area contributed by atoms with Crippen molar-refractivity contribution in [3.05, 3.63) is 40.5 Å². The molecule has 0 bridgehead atoms. The Hall–Kier alpha value is -1.82. The Kier molecular flexibility index (Phi) is 5.70. The van der Waals surface area contributed by atoms with Gasteiger partial charge in [0.05, 0.1) is 5.75 Å². The molecule has 0 atom stereocenters. The van der Waals surface area contributed by atoms with Gasteiger partial charge in [-0.1, -0.05) is 31.6 Å². The maximum absolute atomic E-state index is 12.4. The molecule has 0 aliphatic heterocycles. The van der Waals surface area contributed by atoms with E-state index in [2.05, 4.69) is 22.7 Å². The Labute approximate surface area is 156 Å². The molecule has 0 heterocycles. The molecule has 0 saturated carbocycles. The largest absolute Gasteiger partial charge is 0.332 e. The Morgan fingerprint density at radius 3 is 2.31 bits per heavy atom. The summed E-state index contributed by atoms with van der Waals surface area (Å²) in [5, 5.41) is 2.86. The summed E-state index contributed by atoms with van der Waals surface area (Å²) >= 11 is 0. The lowest BCUT2D eigenvalue weighted by Crippen LogP contribution is -2.36. The zero-order valence-electron chi connectivity index (χ0n) is 15.5. The number of aryl methyl sites for hydroxylation is 2. The molecule has 2 aliphatic rings. The van der Waals surface area contributed by atoms with Gasteiger partial charge < -0.3 is 5.32 Å². The Balaban J connectivity index is 1.70. The highest BCUT2D eigenvalue weighted by molar-refractivity contribution is 7.90. The summed E-state index contributed by atoms with van der Waals surface area (Å²) in [7, 11) is -3.72. The second-order valence-electron chi connectivity index (χ2n) is 7.40. The molecule has 0 fully saturated rings. The van der Waals surface area contributed by atoms with Gasteiger partial charge in [0, 0.05) is 5.69 Å². The van der Waals surface area contributed by atoms with Gasteiger partial charge in [0.2, 0.25) is 10.0 Å². The van der Waals surface area contributed by atoms with Crippen LogP contribution in [0.2, 0.25) is 0 Å². The molecule has 2 aliphatic carbocycles. The van der Waals surface area contributed by atoms with Gasteiger partial charge in [-0.3, -0.25) is 0 Å². The number of benzene rings is 1. The monoisotopic (exact) mass is 376 g/mol. The van der Waals surface area contributed by atoms with E-state index >= 15 is 0 Å². The van der Waals surface area contributed by atoms with E-state index in [1.165, 1.54) is 22.3 Å². The third-order valence-electron chi connectivity index (χ3n) is 5.24. The van der Waals surface area contributed by atoms with Crippen molar-refractivity contribution in [3.63, 3.8) is 0 Å². The lowest BCUT2D eigenvalue weighted by molar-refractivity contribution is 0.256. The van der Waals surface area contributed by atoms with E-state index in [0.29, 0.717) is 12.0 Å². The normalized spacial score (nSPS) is 15.4. The molecular formula is C20H28N2O3S. The minimum atomic E-state index is -3.72. The molecule has 0 saturated heterocycles. The van der Waals surface area contributed by atoms with Crippen LogP contribution in [0.3, 0.4) is 0 Å². The number of nitrogens with one attached hydrogen (secondary N) is 2. The highest BCUT2D eigenvalue weighted by Gasteiger charge is 2.26. The van der Waals surface area contributed by atoms with Gasteiger partial charge >= 0.3 is 6.03 Å². The fourth-order valence-corrected chi connectivity index (χ4v) is 5.14. The van der Waals surface area contributed by atoms with Crippen molar-refractivity contribution < 1.29 is 13.2 Å². The highest BCUT2D eigenvalue weighted by atomic mass is 32.2. The molecule has 1 aromatic rings. The van der Waals surface area contributed by atoms with Gasteiger partial charge in [0.1, 0.15) is 0 Å². The predicted molar refractivity (Wildman–Crippen MR) is 105 cm³/mol. The molecule has 5 nitrogen and oxygen atoms in total. The lowest BCUT2D eigenvalue weighted by Gasteiger charge is -2.16. The Morgan fingerprint density at radius 2 is 1.73 bits per heavy atom. The summed E-state index contributed by atoms with van der Waals surface area (Å²) in [6.45, 7) is 5.86. The summed E-state index contributed by atoms with van der Waals surface area (Å²) in [4.78, 5) is 12.4. The van der Waals surface area contributed by atoms with Crippen molar-refractivity contribution in [1.82, 2.24) is 4.72 Å². The predicted octanol–water partition coefficient (Wildman–Crippen LogP) is 3.86. The van der Waals surface area contributed by atoms with Crippen LogP contribution in [-0.2, 0) is 35.7 Å². The van der Waals surface area contributed by atoms with E-state index in [4.69, 9.17) is 0 Å². The van der Waals surface area contributed by atoms with Crippen LogP contribution >= 0.6 is 0 Å². The summed E-state index contributed by atoms with van der Waals surface area (Å²) in [6, 6.07) is 1.62. The van der Waals surface area contributed by atoms with Gasteiger partial charge in [0.15, 0.2) is 0 Å². The molecule has 3 rings (SSSR count). The molecule has 0 aromatic heterocycles. The average Bonchev–Trinajstić information content (AvgIpc) is 3.20.